The summed E-state index contributed by atoms with van der Waals surface area (Å²) in [6.07, 6.45) is -0.618. The maximum atomic E-state index is 13.6. The number of alkyl halides is 3. The molecule has 0 unspecified atom stereocenters. The second-order valence-electron chi connectivity index (χ2n) is 7.44. The van der Waals surface area contributed by atoms with Gasteiger partial charge in [0.15, 0.2) is 11.6 Å². The van der Waals surface area contributed by atoms with E-state index in [-0.39, 0.29) is 28.3 Å². The molecule has 0 spiro atoms. The van der Waals surface area contributed by atoms with E-state index in [0.717, 1.165) is 28.4 Å². The largest absolute Gasteiger partial charge is 0.416 e. The molecule has 35 heavy (non-hydrogen) atoms. The van der Waals surface area contributed by atoms with Gasteiger partial charge in [-0.3, -0.25) is 4.79 Å². The third-order valence-corrected chi connectivity index (χ3v) is 4.90. The van der Waals surface area contributed by atoms with Crippen molar-refractivity contribution in [2.24, 2.45) is 0 Å². The maximum Gasteiger partial charge on any atom is 0.416 e. The number of nitrogens with zero attached hydrogens (tertiary/aromatic N) is 4. The van der Waals surface area contributed by atoms with Crippen LogP contribution in [0.2, 0.25) is 0 Å². The van der Waals surface area contributed by atoms with Gasteiger partial charge in [0, 0.05) is 28.6 Å². The summed E-state index contributed by atoms with van der Waals surface area (Å²) < 4.78 is 55.0. The second kappa shape index (κ2) is 9.26. The highest BCUT2D eigenvalue weighted by atomic mass is 19.4. The number of nitrogens with two attached hydrogens (primary N) is 1. The second-order valence-corrected chi connectivity index (χ2v) is 7.44. The SMILES string of the molecule is Cc1ccc(C(=O)Nc2cc(-n3ccnn3)cc(C(F)(F)F)c2)cc1C#Cc1cnc(N)c(F)c1. The number of amides is 1. The number of aromatic nitrogens is 4. The molecule has 7 nitrogen and oxygen atoms in total. The van der Waals surface area contributed by atoms with Crippen molar-refractivity contribution in [3.05, 3.63) is 94.7 Å². The molecule has 3 N–H and O–H groups in total. The van der Waals surface area contributed by atoms with Gasteiger partial charge in [0.2, 0.25) is 0 Å². The molecule has 0 saturated carbocycles. The number of aryl methyl sites for hydroxylation is 1. The summed E-state index contributed by atoms with van der Waals surface area (Å²) in [5.41, 5.74) is 6.07. The Morgan fingerprint density at radius 3 is 2.60 bits per heavy atom. The highest BCUT2D eigenvalue weighted by Crippen LogP contribution is 2.33. The minimum atomic E-state index is -4.64. The van der Waals surface area contributed by atoms with E-state index in [1.807, 2.05) is 0 Å². The van der Waals surface area contributed by atoms with Crippen molar-refractivity contribution >= 4 is 17.4 Å². The van der Waals surface area contributed by atoms with Crippen molar-refractivity contribution in [1.82, 2.24) is 20.0 Å². The van der Waals surface area contributed by atoms with Gasteiger partial charge < -0.3 is 11.1 Å². The molecule has 11 heteroatoms. The quantitative estimate of drug-likeness (QED) is 0.335. The van der Waals surface area contributed by atoms with Crippen molar-refractivity contribution in [3.8, 4) is 17.5 Å². The molecule has 4 aromatic rings. The third kappa shape index (κ3) is 5.44. The lowest BCUT2D eigenvalue weighted by Gasteiger charge is -2.13. The number of rotatable bonds is 3. The molecule has 0 saturated heterocycles. The van der Waals surface area contributed by atoms with E-state index in [1.165, 1.54) is 36.8 Å². The van der Waals surface area contributed by atoms with Crippen LogP contribution < -0.4 is 11.1 Å². The number of carbonyl (C=O) groups excluding carboxylic acids is 1. The fourth-order valence-corrected chi connectivity index (χ4v) is 3.08. The Morgan fingerprint density at radius 1 is 1.11 bits per heavy atom. The van der Waals surface area contributed by atoms with Crippen LogP contribution >= 0.6 is 0 Å². The maximum absolute atomic E-state index is 13.6. The van der Waals surface area contributed by atoms with Crippen molar-refractivity contribution < 1.29 is 22.4 Å². The molecule has 0 radical (unpaired) electrons. The van der Waals surface area contributed by atoms with Crippen LogP contribution in [-0.4, -0.2) is 25.9 Å². The van der Waals surface area contributed by atoms with Crippen LogP contribution in [0, 0.1) is 24.6 Å². The highest BCUT2D eigenvalue weighted by Gasteiger charge is 2.31. The predicted octanol–water partition coefficient (Wildman–Crippen LogP) is 4.36. The predicted molar refractivity (Wildman–Crippen MR) is 120 cm³/mol. The topological polar surface area (TPSA) is 98.7 Å². The minimum absolute atomic E-state index is 0.0763. The first kappa shape index (κ1) is 23.4. The number of anilines is 2. The first-order valence-corrected chi connectivity index (χ1v) is 10.0. The molecule has 0 fully saturated rings. The molecule has 0 aliphatic heterocycles. The van der Waals surface area contributed by atoms with Gasteiger partial charge in [0.05, 0.1) is 23.6 Å². The van der Waals surface area contributed by atoms with Crippen molar-refractivity contribution in [2.45, 2.75) is 13.1 Å². The zero-order valence-corrected chi connectivity index (χ0v) is 18.1. The van der Waals surface area contributed by atoms with Crippen molar-refractivity contribution in [3.63, 3.8) is 0 Å². The Bertz CT molecular complexity index is 1470. The average molecular weight is 480 g/mol. The van der Waals surface area contributed by atoms with Crippen molar-refractivity contribution in [2.75, 3.05) is 11.1 Å². The molecule has 0 bridgehead atoms. The zero-order valence-electron chi connectivity index (χ0n) is 18.1. The molecular weight excluding hydrogens is 464 g/mol. The lowest BCUT2D eigenvalue weighted by molar-refractivity contribution is -0.137. The molecule has 1 amide bonds. The fourth-order valence-electron chi connectivity index (χ4n) is 3.08. The van der Waals surface area contributed by atoms with Gasteiger partial charge in [-0.2, -0.15) is 13.2 Å². The van der Waals surface area contributed by atoms with E-state index in [9.17, 15) is 22.4 Å². The summed E-state index contributed by atoms with van der Waals surface area (Å²) in [5, 5.41) is 9.78. The van der Waals surface area contributed by atoms with Gasteiger partial charge in [0.25, 0.3) is 5.91 Å². The Labute approximate surface area is 196 Å². The van der Waals surface area contributed by atoms with Gasteiger partial charge >= 0.3 is 6.18 Å². The molecule has 0 aliphatic rings. The Hall–Kier alpha value is -4.72. The van der Waals surface area contributed by atoms with E-state index in [0.29, 0.717) is 5.56 Å². The Kier molecular flexibility index (Phi) is 6.20. The number of benzene rings is 2. The number of nitrogens with one attached hydrogen (secondary N) is 1. The number of hydrogen-bond donors (Lipinski definition) is 2. The van der Waals surface area contributed by atoms with E-state index in [1.54, 1.807) is 13.0 Å². The summed E-state index contributed by atoms with van der Waals surface area (Å²) >= 11 is 0. The Balaban J connectivity index is 1.63. The van der Waals surface area contributed by atoms with E-state index in [2.05, 4.69) is 32.5 Å². The number of carbonyl (C=O) groups is 1. The monoisotopic (exact) mass is 480 g/mol. The summed E-state index contributed by atoms with van der Waals surface area (Å²) in [5.74, 6) is 4.01. The number of hydrogen-bond acceptors (Lipinski definition) is 5. The molecule has 2 heterocycles. The first-order chi connectivity index (χ1) is 16.6. The molecule has 0 aliphatic carbocycles. The summed E-state index contributed by atoms with van der Waals surface area (Å²) in [4.78, 5) is 16.5. The van der Waals surface area contributed by atoms with E-state index in [4.69, 9.17) is 5.73 Å². The lowest BCUT2D eigenvalue weighted by atomic mass is 10.0. The van der Waals surface area contributed by atoms with Crippen molar-refractivity contribution in [1.29, 1.82) is 0 Å². The average Bonchev–Trinajstić information content (AvgIpc) is 3.35. The fraction of sp³-hybridized carbons (Fsp3) is 0.0833. The molecule has 0 atom stereocenters. The third-order valence-electron chi connectivity index (χ3n) is 4.90. The van der Waals surface area contributed by atoms with Gasteiger partial charge in [-0.1, -0.05) is 23.1 Å². The number of halogens is 4. The standard InChI is InChI=1S/C24H16F4N6O/c1-14-2-4-17(9-16(14)5-3-15-8-21(25)22(29)30-13-15)23(35)32-19-10-18(24(26,27)28)11-20(12-19)34-7-6-31-33-34/h2,4,6-13H,1H3,(H2,29,30)(H,32,35). The summed E-state index contributed by atoms with van der Waals surface area (Å²) in [6.45, 7) is 1.77. The number of pyridine rings is 1. The molecule has 176 valence electrons. The number of nitrogen functional groups attached to an aromatic ring is 1. The normalized spacial score (nSPS) is 11.0. The highest BCUT2D eigenvalue weighted by molar-refractivity contribution is 6.04. The van der Waals surface area contributed by atoms with Crippen LogP contribution in [0.5, 0.6) is 0 Å². The molecule has 2 aromatic heterocycles. The van der Waals surface area contributed by atoms with E-state index >= 15 is 0 Å². The molecular formula is C24H16F4N6O. The summed E-state index contributed by atoms with van der Waals surface area (Å²) in [7, 11) is 0. The van der Waals surface area contributed by atoms with Crippen LogP contribution in [0.3, 0.4) is 0 Å². The minimum Gasteiger partial charge on any atom is -0.381 e. The van der Waals surface area contributed by atoms with Crippen LogP contribution in [0.4, 0.5) is 29.1 Å². The smallest absolute Gasteiger partial charge is 0.381 e. The van der Waals surface area contributed by atoms with Gasteiger partial charge in [-0.25, -0.2) is 14.1 Å². The molecule has 2 aromatic carbocycles. The summed E-state index contributed by atoms with van der Waals surface area (Å²) in [6, 6.07) is 8.88. The van der Waals surface area contributed by atoms with Gasteiger partial charge in [0.1, 0.15) is 0 Å². The van der Waals surface area contributed by atoms with E-state index < -0.39 is 23.5 Å². The van der Waals surface area contributed by atoms with Crippen LogP contribution in [-0.2, 0) is 6.18 Å². The molecule has 4 rings (SSSR count). The Morgan fingerprint density at radius 2 is 1.91 bits per heavy atom. The van der Waals surface area contributed by atoms with Crippen LogP contribution in [0.1, 0.15) is 32.6 Å². The first-order valence-electron chi connectivity index (χ1n) is 10.0. The lowest BCUT2D eigenvalue weighted by Crippen LogP contribution is -2.14. The van der Waals surface area contributed by atoms with Crippen LogP contribution in [0.15, 0.2) is 61.1 Å². The van der Waals surface area contributed by atoms with Gasteiger partial charge in [-0.05, 0) is 48.9 Å². The van der Waals surface area contributed by atoms with Crippen LogP contribution in [0.25, 0.3) is 5.69 Å². The zero-order chi connectivity index (χ0) is 25.2. The van der Waals surface area contributed by atoms with Gasteiger partial charge in [-0.15, -0.1) is 5.10 Å².